The average Bonchev–Trinajstić information content (AvgIpc) is 2.33. The predicted octanol–water partition coefficient (Wildman–Crippen LogP) is 2.37. The number of aromatic nitrogens is 2. The van der Waals surface area contributed by atoms with Crippen molar-refractivity contribution in [2.75, 3.05) is 5.32 Å². The van der Waals surface area contributed by atoms with Gasteiger partial charge in [0.2, 0.25) is 0 Å². The fourth-order valence-electron chi connectivity index (χ4n) is 1.23. The van der Waals surface area contributed by atoms with Crippen LogP contribution in [-0.4, -0.2) is 10.2 Å². The number of benzene rings is 1. The quantitative estimate of drug-likeness (QED) is 0.863. The smallest absolute Gasteiger partial charge is 0.171 e. The molecule has 0 aliphatic heterocycles. The van der Waals surface area contributed by atoms with Gasteiger partial charge in [-0.2, -0.15) is 10.4 Å². The summed E-state index contributed by atoms with van der Waals surface area (Å²) in [5.41, 5.74) is 0.257. The number of hydrogen-bond donors (Lipinski definition) is 1. The predicted molar refractivity (Wildman–Crippen MR) is 56.4 cm³/mol. The molecule has 0 saturated heterocycles. The monoisotopic (exact) mass is 232 g/mol. The topological polar surface area (TPSA) is 61.6 Å². The van der Waals surface area contributed by atoms with Crippen LogP contribution in [0.4, 0.5) is 20.3 Å². The van der Waals surface area contributed by atoms with E-state index in [2.05, 4.69) is 15.5 Å². The molecule has 2 aromatic rings. The summed E-state index contributed by atoms with van der Waals surface area (Å²) in [5.74, 6) is -1.31. The highest BCUT2D eigenvalue weighted by molar-refractivity contribution is 5.62. The minimum Gasteiger partial charge on any atom is -0.335 e. The first-order chi connectivity index (χ1) is 8.20. The highest BCUT2D eigenvalue weighted by Gasteiger charge is 2.08. The van der Waals surface area contributed by atoms with E-state index in [9.17, 15) is 8.78 Å². The highest BCUT2D eigenvalue weighted by Crippen LogP contribution is 2.20. The second-order valence-electron chi connectivity index (χ2n) is 3.15. The molecule has 1 heterocycles. The van der Waals surface area contributed by atoms with Gasteiger partial charge in [0, 0.05) is 6.07 Å². The van der Waals surface area contributed by atoms with Gasteiger partial charge in [-0.05, 0) is 18.2 Å². The number of halogens is 2. The molecule has 17 heavy (non-hydrogen) atoms. The standard InChI is InChI=1S/C11H6F2N4/c12-8-1-2-10(9(13)5-8)16-11-7(6-14)3-4-15-17-11/h1-5H,(H,16,17). The molecule has 0 amide bonds. The lowest BCUT2D eigenvalue weighted by Crippen LogP contribution is -2.00. The third-order valence-electron chi connectivity index (χ3n) is 2.03. The van der Waals surface area contributed by atoms with Crippen molar-refractivity contribution < 1.29 is 8.78 Å². The van der Waals surface area contributed by atoms with Crippen LogP contribution in [0.3, 0.4) is 0 Å². The fraction of sp³-hybridized carbons (Fsp3) is 0. The molecule has 0 saturated carbocycles. The van der Waals surface area contributed by atoms with Crippen LogP contribution >= 0.6 is 0 Å². The minimum atomic E-state index is -0.764. The summed E-state index contributed by atoms with van der Waals surface area (Å²) in [4.78, 5) is 0. The molecule has 0 spiro atoms. The molecule has 1 aromatic carbocycles. The molecule has 0 unspecified atom stereocenters. The van der Waals surface area contributed by atoms with Crippen LogP contribution in [0.1, 0.15) is 5.56 Å². The molecule has 0 aliphatic rings. The maximum atomic E-state index is 13.3. The Morgan fingerprint density at radius 1 is 1.24 bits per heavy atom. The number of hydrogen-bond acceptors (Lipinski definition) is 4. The largest absolute Gasteiger partial charge is 0.335 e. The van der Waals surface area contributed by atoms with Gasteiger partial charge in [0.25, 0.3) is 0 Å². The molecule has 0 fully saturated rings. The summed E-state index contributed by atoms with van der Waals surface area (Å²) < 4.78 is 26.0. The van der Waals surface area contributed by atoms with Crippen molar-refractivity contribution in [3.05, 3.63) is 47.7 Å². The van der Waals surface area contributed by atoms with Gasteiger partial charge in [0.1, 0.15) is 17.7 Å². The van der Waals surface area contributed by atoms with Crippen molar-refractivity contribution in [1.29, 1.82) is 5.26 Å². The number of anilines is 2. The van der Waals surface area contributed by atoms with Crippen LogP contribution in [0.2, 0.25) is 0 Å². The van der Waals surface area contributed by atoms with Crippen molar-refractivity contribution >= 4 is 11.5 Å². The first-order valence-electron chi connectivity index (χ1n) is 4.64. The van der Waals surface area contributed by atoms with Crippen LogP contribution < -0.4 is 5.32 Å². The number of rotatable bonds is 2. The maximum absolute atomic E-state index is 13.3. The second kappa shape index (κ2) is 4.53. The molecule has 2 rings (SSSR count). The van der Waals surface area contributed by atoms with E-state index in [1.165, 1.54) is 18.3 Å². The van der Waals surface area contributed by atoms with Gasteiger partial charge in [-0.25, -0.2) is 8.78 Å². The summed E-state index contributed by atoms with van der Waals surface area (Å²) >= 11 is 0. The zero-order chi connectivity index (χ0) is 12.3. The zero-order valence-electron chi connectivity index (χ0n) is 8.48. The van der Waals surface area contributed by atoms with E-state index < -0.39 is 11.6 Å². The van der Waals surface area contributed by atoms with E-state index in [-0.39, 0.29) is 17.1 Å². The third kappa shape index (κ3) is 2.34. The Hall–Kier alpha value is -2.55. The van der Waals surface area contributed by atoms with E-state index in [4.69, 9.17) is 5.26 Å². The van der Waals surface area contributed by atoms with Gasteiger partial charge in [-0.1, -0.05) is 0 Å². The summed E-state index contributed by atoms with van der Waals surface area (Å²) in [5, 5.41) is 18.6. The van der Waals surface area contributed by atoms with Crippen LogP contribution in [0.5, 0.6) is 0 Å². The fourth-order valence-corrected chi connectivity index (χ4v) is 1.23. The van der Waals surface area contributed by atoms with E-state index in [0.717, 1.165) is 12.1 Å². The highest BCUT2D eigenvalue weighted by atomic mass is 19.1. The lowest BCUT2D eigenvalue weighted by molar-refractivity contribution is 0.586. The number of nitrogens with zero attached hydrogens (tertiary/aromatic N) is 3. The summed E-state index contributed by atoms with van der Waals surface area (Å²) in [7, 11) is 0. The van der Waals surface area contributed by atoms with Crippen molar-refractivity contribution in [2.45, 2.75) is 0 Å². The Morgan fingerprint density at radius 3 is 2.76 bits per heavy atom. The Morgan fingerprint density at radius 2 is 2.06 bits per heavy atom. The molecular formula is C11H6F2N4. The molecule has 0 aliphatic carbocycles. The first-order valence-corrected chi connectivity index (χ1v) is 4.64. The van der Waals surface area contributed by atoms with E-state index in [1.807, 2.05) is 6.07 Å². The minimum absolute atomic E-state index is 0.0309. The van der Waals surface area contributed by atoms with Gasteiger partial charge < -0.3 is 5.32 Å². The number of nitriles is 1. The number of nitrogens with one attached hydrogen (secondary N) is 1. The van der Waals surface area contributed by atoms with Crippen LogP contribution in [0.15, 0.2) is 30.5 Å². The van der Waals surface area contributed by atoms with Gasteiger partial charge in [-0.3, -0.25) is 0 Å². The molecule has 1 aromatic heterocycles. The van der Waals surface area contributed by atoms with Gasteiger partial charge >= 0.3 is 0 Å². The van der Waals surface area contributed by atoms with Crippen LogP contribution in [0, 0.1) is 23.0 Å². The first kappa shape index (κ1) is 11.0. The Kier molecular flexibility index (Phi) is 2.92. The molecule has 84 valence electrons. The molecule has 0 radical (unpaired) electrons. The van der Waals surface area contributed by atoms with Crippen molar-refractivity contribution in [3.63, 3.8) is 0 Å². The molecule has 6 heteroatoms. The van der Waals surface area contributed by atoms with Crippen LogP contribution in [0.25, 0.3) is 0 Å². The zero-order valence-corrected chi connectivity index (χ0v) is 8.48. The molecule has 4 nitrogen and oxygen atoms in total. The maximum Gasteiger partial charge on any atom is 0.171 e. The summed E-state index contributed by atoms with van der Waals surface area (Å²) in [6.07, 6.45) is 1.35. The van der Waals surface area contributed by atoms with E-state index in [0.29, 0.717) is 0 Å². The van der Waals surface area contributed by atoms with Crippen molar-refractivity contribution in [3.8, 4) is 6.07 Å². The second-order valence-corrected chi connectivity index (χ2v) is 3.15. The lowest BCUT2D eigenvalue weighted by atomic mass is 10.2. The Bertz CT molecular complexity index is 592. The summed E-state index contributed by atoms with van der Waals surface area (Å²) in [6, 6.07) is 6.39. The van der Waals surface area contributed by atoms with Crippen molar-refractivity contribution in [2.24, 2.45) is 0 Å². The van der Waals surface area contributed by atoms with Crippen LogP contribution in [-0.2, 0) is 0 Å². The summed E-state index contributed by atoms with van der Waals surface area (Å²) in [6.45, 7) is 0. The average molecular weight is 232 g/mol. The van der Waals surface area contributed by atoms with Gasteiger partial charge in [-0.15, -0.1) is 5.10 Å². The lowest BCUT2D eigenvalue weighted by Gasteiger charge is -2.06. The van der Waals surface area contributed by atoms with Gasteiger partial charge in [0.05, 0.1) is 17.4 Å². The van der Waals surface area contributed by atoms with Gasteiger partial charge in [0.15, 0.2) is 5.82 Å². The Balaban J connectivity index is 2.35. The molecular weight excluding hydrogens is 226 g/mol. The molecule has 0 atom stereocenters. The normalized spacial score (nSPS) is 9.71. The molecule has 0 bridgehead atoms. The van der Waals surface area contributed by atoms with Crippen molar-refractivity contribution in [1.82, 2.24) is 10.2 Å². The Labute approximate surface area is 95.5 Å². The van der Waals surface area contributed by atoms with E-state index in [1.54, 1.807) is 0 Å². The van der Waals surface area contributed by atoms with E-state index >= 15 is 0 Å². The SMILES string of the molecule is N#Cc1ccnnc1Nc1ccc(F)cc1F. The molecule has 1 N–H and O–H groups in total. The third-order valence-corrected chi connectivity index (χ3v) is 2.03.